The van der Waals surface area contributed by atoms with Crippen LogP contribution in [0, 0.1) is 5.82 Å². The third-order valence-corrected chi connectivity index (χ3v) is 6.88. The standard InChI is InChI=1S/C19H20FN7OS2/c1-29-12-2-3-13(15(20)8-12)14-9-30-17-16(14)21-10-22-18(17)28-11-4-6-27(7-5-11)19-23-25-26-24-19/h2-3,8-11,25-26H,4-7H2,1H3,(H,23,24). The number of rotatable bonds is 4. The monoisotopic (exact) mass is 445 g/mol. The fourth-order valence-corrected chi connectivity index (χ4v) is 5.01. The summed E-state index contributed by atoms with van der Waals surface area (Å²) >= 11 is 3.00. The van der Waals surface area contributed by atoms with E-state index in [1.165, 1.54) is 29.4 Å². The third-order valence-electron chi connectivity index (χ3n) is 5.20. The quantitative estimate of drug-likeness (QED) is 0.529. The molecule has 0 atom stereocenters. The number of aromatic nitrogens is 2. The van der Waals surface area contributed by atoms with Gasteiger partial charge in [0.05, 0.1) is 5.52 Å². The number of likely N-dealkylation sites (tertiary alicyclic amines) is 1. The molecular formula is C19H20FN7OS2. The van der Waals surface area contributed by atoms with Crippen molar-refractivity contribution in [3.05, 3.63) is 35.7 Å². The Morgan fingerprint density at radius 2 is 2.10 bits per heavy atom. The number of hydrazine groups is 2. The maximum absolute atomic E-state index is 14.7. The van der Waals surface area contributed by atoms with Crippen LogP contribution in [0.2, 0.25) is 0 Å². The van der Waals surface area contributed by atoms with E-state index in [9.17, 15) is 4.39 Å². The Morgan fingerprint density at radius 3 is 2.83 bits per heavy atom. The summed E-state index contributed by atoms with van der Waals surface area (Å²) in [7, 11) is 0. The number of fused-ring (bicyclic) bond motifs is 1. The minimum absolute atomic E-state index is 0.0606. The molecule has 156 valence electrons. The highest BCUT2D eigenvalue weighted by Gasteiger charge is 2.25. The Bertz CT molecular complexity index is 1100. The van der Waals surface area contributed by atoms with E-state index in [0.717, 1.165) is 52.6 Å². The van der Waals surface area contributed by atoms with Crippen LogP contribution in [0.3, 0.4) is 0 Å². The average Bonchev–Trinajstić information content (AvgIpc) is 3.45. The minimum atomic E-state index is -0.248. The first-order valence-electron chi connectivity index (χ1n) is 9.54. The molecule has 1 fully saturated rings. The molecule has 2 aliphatic rings. The molecule has 3 aromatic rings. The zero-order chi connectivity index (χ0) is 20.5. The van der Waals surface area contributed by atoms with Gasteiger partial charge in [-0.2, -0.15) is 0 Å². The molecule has 0 spiro atoms. The number of nitrogens with one attached hydrogen (secondary N) is 3. The van der Waals surface area contributed by atoms with Crippen molar-refractivity contribution in [1.82, 2.24) is 31.4 Å². The molecule has 1 aromatic carbocycles. The summed E-state index contributed by atoms with van der Waals surface area (Å²) in [4.78, 5) is 11.8. The number of hydrazone groups is 1. The number of piperidine rings is 1. The second-order valence-electron chi connectivity index (χ2n) is 6.95. The first-order valence-corrected chi connectivity index (χ1v) is 11.6. The van der Waals surface area contributed by atoms with Gasteiger partial charge in [-0.1, -0.05) is 6.07 Å². The van der Waals surface area contributed by atoms with Gasteiger partial charge in [0.25, 0.3) is 0 Å². The second kappa shape index (κ2) is 8.25. The predicted octanol–water partition coefficient (Wildman–Crippen LogP) is 2.95. The Morgan fingerprint density at radius 1 is 1.23 bits per heavy atom. The highest BCUT2D eigenvalue weighted by Crippen LogP contribution is 2.38. The number of hydrogen-bond donors (Lipinski definition) is 3. The molecule has 0 amide bonds. The highest BCUT2D eigenvalue weighted by molar-refractivity contribution is 7.98. The summed E-state index contributed by atoms with van der Waals surface area (Å²) in [6, 6.07) is 5.29. The normalized spacial score (nSPS) is 17.0. The van der Waals surface area contributed by atoms with Gasteiger partial charge in [-0.3, -0.25) is 5.43 Å². The van der Waals surface area contributed by atoms with E-state index in [1.807, 2.05) is 23.8 Å². The lowest BCUT2D eigenvalue weighted by Gasteiger charge is -2.32. The van der Waals surface area contributed by atoms with Crippen molar-refractivity contribution >= 4 is 39.3 Å². The highest BCUT2D eigenvalue weighted by atomic mass is 32.2. The van der Waals surface area contributed by atoms with Gasteiger partial charge in [-0.25, -0.2) is 19.9 Å². The largest absolute Gasteiger partial charge is 0.473 e. The topological polar surface area (TPSA) is 86.7 Å². The van der Waals surface area contributed by atoms with Crippen LogP contribution < -0.4 is 21.2 Å². The van der Waals surface area contributed by atoms with E-state index < -0.39 is 0 Å². The van der Waals surface area contributed by atoms with Gasteiger partial charge < -0.3 is 9.64 Å². The SMILES string of the molecule is CSc1ccc(-c2csc3c(OC4CCN(C5=NNNN5)CC4)ncnc23)c(F)c1. The molecule has 2 aromatic heterocycles. The van der Waals surface area contributed by atoms with Gasteiger partial charge in [-0.15, -0.1) is 33.7 Å². The van der Waals surface area contributed by atoms with Crippen LogP contribution in [0.1, 0.15) is 12.8 Å². The van der Waals surface area contributed by atoms with Crippen LogP contribution >= 0.6 is 23.1 Å². The lowest BCUT2D eigenvalue weighted by Crippen LogP contribution is -2.48. The van der Waals surface area contributed by atoms with Crippen LogP contribution in [0.5, 0.6) is 5.88 Å². The molecular weight excluding hydrogens is 425 g/mol. The van der Waals surface area contributed by atoms with E-state index in [1.54, 1.807) is 6.07 Å². The Kier molecular flexibility index (Phi) is 5.32. The number of hydrogen-bond acceptors (Lipinski definition) is 10. The Labute approximate surface area is 180 Å². The molecule has 0 unspecified atom stereocenters. The minimum Gasteiger partial charge on any atom is -0.473 e. The van der Waals surface area contributed by atoms with E-state index in [2.05, 4.69) is 36.5 Å². The van der Waals surface area contributed by atoms with Crippen LogP contribution in [0.4, 0.5) is 4.39 Å². The van der Waals surface area contributed by atoms with E-state index >= 15 is 0 Å². The van der Waals surface area contributed by atoms with Crippen molar-refractivity contribution in [3.63, 3.8) is 0 Å². The van der Waals surface area contributed by atoms with Crippen LogP contribution in [-0.2, 0) is 0 Å². The van der Waals surface area contributed by atoms with Crippen molar-refractivity contribution in [3.8, 4) is 17.0 Å². The maximum atomic E-state index is 14.7. The van der Waals surface area contributed by atoms with Crippen molar-refractivity contribution in [1.29, 1.82) is 0 Å². The summed E-state index contributed by atoms with van der Waals surface area (Å²) < 4.78 is 21.7. The first-order chi connectivity index (χ1) is 14.7. The fraction of sp³-hybridized carbons (Fsp3) is 0.316. The van der Waals surface area contributed by atoms with E-state index in [-0.39, 0.29) is 11.9 Å². The number of guanidine groups is 1. The van der Waals surface area contributed by atoms with Crippen molar-refractivity contribution in [2.24, 2.45) is 5.10 Å². The maximum Gasteiger partial charge on any atom is 0.235 e. The summed E-state index contributed by atoms with van der Waals surface area (Å²) in [5, 5.41) is 6.06. The average molecular weight is 446 g/mol. The summed E-state index contributed by atoms with van der Waals surface area (Å²) in [6.45, 7) is 1.66. The number of ether oxygens (including phenoxy) is 1. The van der Waals surface area contributed by atoms with Gasteiger partial charge >= 0.3 is 0 Å². The second-order valence-corrected chi connectivity index (χ2v) is 8.71. The lowest BCUT2D eigenvalue weighted by molar-refractivity contribution is 0.126. The van der Waals surface area contributed by atoms with E-state index in [0.29, 0.717) is 11.4 Å². The molecule has 30 heavy (non-hydrogen) atoms. The fourth-order valence-electron chi connectivity index (χ4n) is 3.63. The molecule has 0 bridgehead atoms. The molecule has 5 rings (SSSR count). The predicted molar refractivity (Wildman–Crippen MR) is 117 cm³/mol. The first kappa shape index (κ1) is 19.3. The molecule has 0 radical (unpaired) electrons. The molecule has 8 nitrogen and oxygen atoms in total. The van der Waals surface area contributed by atoms with Crippen molar-refractivity contribution in [2.75, 3.05) is 19.3 Å². The van der Waals surface area contributed by atoms with E-state index in [4.69, 9.17) is 4.74 Å². The molecule has 1 saturated heterocycles. The number of halogens is 1. The summed E-state index contributed by atoms with van der Waals surface area (Å²) in [5.41, 5.74) is 10.4. The van der Waals surface area contributed by atoms with Crippen molar-refractivity contribution < 1.29 is 9.13 Å². The molecule has 3 N–H and O–H groups in total. The van der Waals surface area contributed by atoms with Gasteiger partial charge in [0, 0.05) is 47.3 Å². The van der Waals surface area contributed by atoms with Crippen molar-refractivity contribution in [2.45, 2.75) is 23.8 Å². The molecule has 11 heteroatoms. The van der Waals surface area contributed by atoms with Gasteiger partial charge in [0.2, 0.25) is 11.8 Å². The number of thiophene rings is 1. The molecule has 0 aliphatic carbocycles. The van der Waals surface area contributed by atoms with Crippen LogP contribution in [0.15, 0.2) is 39.9 Å². The lowest BCUT2D eigenvalue weighted by atomic mass is 10.1. The van der Waals surface area contributed by atoms with Crippen LogP contribution in [-0.4, -0.2) is 46.3 Å². The molecule has 2 aliphatic heterocycles. The number of benzene rings is 1. The molecule has 4 heterocycles. The van der Waals surface area contributed by atoms with Crippen LogP contribution in [0.25, 0.3) is 21.3 Å². The molecule has 0 saturated carbocycles. The third kappa shape index (κ3) is 3.64. The number of thioether (sulfide) groups is 1. The number of nitrogens with zero attached hydrogens (tertiary/aromatic N) is 4. The zero-order valence-corrected chi connectivity index (χ0v) is 17.8. The Hall–Kier alpha value is -2.63. The Balaban J connectivity index is 1.35. The van der Waals surface area contributed by atoms with Gasteiger partial charge in [-0.05, 0) is 18.4 Å². The summed E-state index contributed by atoms with van der Waals surface area (Å²) in [5.74, 6) is 1.10. The zero-order valence-electron chi connectivity index (χ0n) is 16.2. The smallest absolute Gasteiger partial charge is 0.235 e. The van der Waals surface area contributed by atoms with Gasteiger partial charge in [0.15, 0.2) is 0 Å². The summed E-state index contributed by atoms with van der Waals surface area (Å²) in [6.07, 6.45) is 5.20. The van der Waals surface area contributed by atoms with Gasteiger partial charge in [0.1, 0.15) is 22.9 Å².